The standard InChI is InChI=1S/C19H11Cl2N5S/c1-10-2-4-11(5-3-10)17-23-24-19-26(17)25-18(27-19)14-9-22-15-7-6-12(20)8-13(15)16(14)21/h2-9H,1H3. The molecule has 0 bridgehead atoms. The molecule has 5 aromatic rings. The third-order valence-corrected chi connectivity index (χ3v) is 5.87. The molecule has 132 valence electrons. The molecule has 0 saturated heterocycles. The molecule has 5 rings (SSSR count). The Morgan fingerprint density at radius 1 is 1.00 bits per heavy atom. The van der Waals surface area contributed by atoms with Crippen molar-refractivity contribution in [2.24, 2.45) is 0 Å². The zero-order chi connectivity index (χ0) is 18.5. The number of pyridine rings is 1. The first-order chi connectivity index (χ1) is 13.1. The largest absolute Gasteiger partial charge is 0.255 e. The summed E-state index contributed by atoms with van der Waals surface area (Å²) in [5.41, 5.74) is 3.68. The lowest BCUT2D eigenvalue weighted by Crippen LogP contribution is -1.92. The molecule has 0 amide bonds. The second-order valence-corrected chi connectivity index (χ2v) is 7.91. The molecule has 27 heavy (non-hydrogen) atoms. The van der Waals surface area contributed by atoms with Crippen molar-refractivity contribution in [1.29, 1.82) is 0 Å². The monoisotopic (exact) mass is 411 g/mol. The lowest BCUT2D eigenvalue weighted by Gasteiger charge is -2.04. The van der Waals surface area contributed by atoms with Crippen molar-refractivity contribution < 1.29 is 0 Å². The van der Waals surface area contributed by atoms with Crippen molar-refractivity contribution in [1.82, 2.24) is 24.8 Å². The molecule has 0 aliphatic heterocycles. The van der Waals surface area contributed by atoms with Gasteiger partial charge in [-0.3, -0.25) is 4.98 Å². The number of fused-ring (bicyclic) bond motifs is 2. The Morgan fingerprint density at radius 3 is 2.63 bits per heavy atom. The number of hydrogen-bond acceptors (Lipinski definition) is 5. The molecule has 8 heteroatoms. The van der Waals surface area contributed by atoms with Gasteiger partial charge >= 0.3 is 0 Å². The third kappa shape index (κ3) is 2.77. The van der Waals surface area contributed by atoms with Crippen molar-refractivity contribution in [3.8, 4) is 22.0 Å². The van der Waals surface area contributed by atoms with Gasteiger partial charge in [-0.1, -0.05) is 64.4 Å². The summed E-state index contributed by atoms with van der Waals surface area (Å²) in [6, 6.07) is 13.6. The van der Waals surface area contributed by atoms with Gasteiger partial charge in [0.2, 0.25) is 4.96 Å². The van der Waals surface area contributed by atoms with E-state index in [1.807, 2.05) is 43.3 Å². The molecule has 0 aliphatic rings. The Morgan fingerprint density at radius 2 is 1.81 bits per heavy atom. The number of nitrogens with zero attached hydrogens (tertiary/aromatic N) is 5. The molecule has 0 atom stereocenters. The summed E-state index contributed by atoms with van der Waals surface area (Å²) >= 11 is 14.2. The second kappa shape index (κ2) is 6.27. The zero-order valence-electron chi connectivity index (χ0n) is 14.0. The Bertz CT molecular complexity index is 1310. The van der Waals surface area contributed by atoms with E-state index in [2.05, 4.69) is 20.3 Å². The van der Waals surface area contributed by atoms with E-state index in [1.54, 1.807) is 16.8 Å². The third-order valence-electron chi connectivity index (χ3n) is 4.30. The highest BCUT2D eigenvalue weighted by molar-refractivity contribution is 7.19. The fourth-order valence-corrected chi connectivity index (χ4v) is 4.26. The van der Waals surface area contributed by atoms with Gasteiger partial charge in [0.05, 0.1) is 16.1 Å². The summed E-state index contributed by atoms with van der Waals surface area (Å²) in [7, 11) is 0. The van der Waals surface area contributed by atoms with E-state index in [1.165, 1.54) is 16.9 Å². The first-order valence-electron chi connectivity index (χ1n) is 8.13. The van der Waals surface area contributed by atoms with Gasteiger partial charge in [-0.05, 0) is 25.1 Å². The van der Waals surface area contributed by atoms with Crippen LogP contribution < -0.4 is 0 Å². The van der Waals surface area contributed by atoms with Crippen LogP contribution in [0.2, 0.25) is 10.0 Å². The molecule has 3 heterocycles. The number of hydrogen-bond donors (Lipinski definition) is 0. The van der Waals surface area contributed by atoms with Crippen LogP contribution in [0.1, 0.15) is 5.56 Å². The quantitative estimate of drug-likeness (QED) is 0.374. The van der Waals surface area contributed by atoms with Crippen LogP contribution in [0.5, 0.6) is 0 Å². The predicted octanol–water partition coefficient (Wildman–Crippen LogP) is 5.68. The Hall–Kier alpha value is -2.54. The fourth-order valence-electron chi connectivity index (χ4n) is 2.89. The van der Waals surface area contributed by atoms with Crippen LogP contribution in [0.3, 0.4) is 0 Å². The summed E-state index contributed by atoms with van der Waals surface area (Å²) in [5.74, 6) is 0.695. The molecule has 3 aromatic heterocycles. The second-order valence-electron chi connectivity index (χ2n) is 6.14. The summed E-state index contributed by atoms with van der Waals surface area (Å²) in [6.07, 6.45) is 1.73. The molecule has 0 N–H and O–H groups in total. The number of rotatable bonds is 2. The van der Waals surface area contributed by atoms with E-state index in [0.717, 1.165) is 27.0 Å². The van der Waals surface area contributed by atoms with E-state index in [0.29, 0.717) is 20.8 Å². The molecule has 0 spiro atoms. The van der Waals surface area contributed by atoms with E-state index < -0.39 is 0 Å². The first-order valence-corrected chi connectivity index (χ1v) is 9.71. The van der Waals surface area contributed by atoms with Crippen LogP contribution in [-0.4, -0.2) is 24.8 Å². The molecular weight excluding hydrogens is 401 g/mol. The van der Waals surface area contributed by atoms with Crippen LogP contribution >= 0.6 is 34.5 Å². The van der Waals surface area contributed by atoms with Gasteiger partial charge in [0, 0.05) is 22.2 Å². The average molecular weight is 412 g/mol. The molecule has 0 unspecified atom stereocenters. The number of halogens is 2. The molecule has 5 nitrogen and oxygen atoms in total. The molecule has 0 saturated carbocycles. The highest BCUT2D eigenvalue weighted by Crippen LogP contribution is 2.36. The number of aryl methyl sites for hydroxylation is 1. The normalized spacial score (nSPS) is 11.5. The van der Waals surface area contributed by atoms with Crippen molar-refractivity contribution in [3.63, 3.8) is 0 Å². The molecule has 0 radical (unpaired) electrons. The fraction of sp³-hybridized carbons (Fsp3) is 0.0526. The van der Waals surface area contributed by atoms with Gasteiger partial charge < -0.3 is 0 Å². The van der Waals surface area contributed by atoms with Crippen molar-refractivity contribution >= 4 is 50.4 Å². The van der Waals surface area contributed by atoms with Gasteiger partial charge in [-0.15, -0.1) is 10.2 Å². The van der Waals surface area contributed by atoms with Crippen LogP contribution in [0.4, 0.5) is 0 Å². The Labute approximate surface area is 168 Å². The minimum Gasteiger partial charge on any atom is -0.255 e. The van der Waals surface area contributed by atoms with Crippen LogP contribution in [0.15, 0.2) is 48.7 Å². The van der Waals surface area contributed by atoms with Gasteiger partial charge in [-0.25, -0.2) is 0 Å². The lowest BCUT2D eigenvalue weighted by molar-refractivity contribution is 0.970. The smallest absolute Gasteiger partial charge is 0.235 e. The summed E-state index contributed by atoms with van der Waals surface area (Å²) in [5, 5.41) is 15.9. The molecule has 0 fully saturated rings. The lowest BCUT2D eigenvalue weighted by atomic mass is 10.1. The minimum absolute atomic E-state index is 0.573. The molecular formula is C19H11Cl2N5S. The van der Waals surface area contributed by atoms with E-state index in [9.17, 15) is 0 Å². The zero-order valence-corrected chi connectivity index (χ0v) is 16.3. The van der Waals surface area contributed by atoms with Crippen molar-refractivity contribution in [2.45, 2.75) is 6.92 Å². The van der Waals surface area contributed by atoms with Gasteiger partial charge in [0.15, 0.2) is 10.8 Å². The minimum atomic E-state index is 0.573. The topological polar surface area (TPSA) is 56.0 Å². The molecule has 2 aromatic carbocycles. The summed E-state index contributed by atoms with van der Waals surface area (Å²) in [6.45, 7) is 2.05. The average Bonchev–Trinajstić information content (AvgIpc) is 3.24. The number of aromatic nitrogens is 5. The maximum atomic E-state index is 6.64. The molecule has 0 aliphatic carbocycles. The highest BCUT2D eigenvalue weighted by Gasteiger charge is 2.17. The van der Waals surface area contributed by atoms with Crippen LogP contribution in [-0.2, 0) is 0 Å². The van der Waals surface area contributed by atoms with E-state index >= 15 is 0 Å². The predicted molar refractivity (Wildman–Crippen MR) is 110 cm³/mol. The van der Waals surface area contributed by atoms with Gasteiger partial charge in [0.1, 0.15) is 0 Å². The summed E-state index contributed by atoms with van der Waals surface area (Å²) < 4.78 is 1.74. The maximum absolute atomic E-state index is 6.64. The summed E-state index contributed by atoms with van der Waals surface area (Å²) in [4.78, 5) is 5.18. The number of benzene rings is 2. The highest BCUT2D eigenvalue weighted by atomic mass is 35.5. The Kier molecular flexibility index (Phi) is 3.86. The van der Waals surface area contributed by atoms with Crippen molar-refractivity contribution in [2.75, 3.05) is 0 Å². The van der Waals surface area contributed by atoms with Crippen LogP contribution in [0, 0.1) is 6.92 Å². The van der Waals surface area contributed by atoms with Crippen molar-refractivity contribution in [3.05, 3.63) is 64.3 Å². The van der Waals surface area contributed by atoms with E-state index in [-0.39, 0.29) is 0 Å². The van der Waals surface area contributed by atoms with Gasteiger partial charge in [0.25, 0.3) is 0 Å². The van der Waals surface area contributed by atoms with E-state index in [4.69, 9.17) is 23.2 Å². The first kappa shape index (κ1) is 16.6. The van der Waals surface area contributed by atoms with Crippen LogP contribution in [0.25, 0.3) is 37.8 Å². The van der Waals surface area contributed by atoms with Gasteiger partial charge in [-0.2, -0.15) is 9.61 Å². The Balaban J connectivity index is 1.67. The maximum Gasteiger partial charge on any atom is 0.235 e. The SMILES string of the molecule is Cc1ccc(-c2nnc3sc(-c4cnc5ccc(Cl)cc5c4Cl)nn23)cc1.